The van der Waals surface area contributed by atoms with Crippen molar-refractivity contribution in [2.45, 2.75) is 0 Å². The molecule has 0 atom stereocenters. The topological polar surface area (TPSA) is 56.8 Å². The molecule has 5 nitrogen and oxygen atoms in total. The Morgan fingerprint density at radius 2 is 1.83 bits per heavy atom. The third-order valence-corrected chi connectivity index (χ3v) is 2.56. The van der Waals surface area contributed by atoms with Crippen LogP contribution in [0.5, 0.6) is 5.75 Å². The maximum absolute atomic E-state index is 10.7. The lowest BCUT2D eigenvalue weighted by Gasteiger charge is -2.15. The van der Waals surface area contributed by atoms with Crippen molar-refractivity contribution in [3.63, 3.8) is 0 Å². The number of benzene rings is 1. The van der Waals surface area contributed by atoms with Crippen molar-refractivity contribution in [1.29, 1.82) is 0 Å². The molecule has 0 radical (unpaired) electrons. The fraction of sp³-hybridized carbons (Fsp3) is 0.462. The molecule has 0 aliphatic carbocycles. The van der Waals surface area contributed by atoms with Crippen LogP contribution in [-0.4, -0.2) is 45.9 Å². The normalized spacial score (nSPS) is 17.3. The predicted octanol–water partition coefficient (Wildman–Crippen LogP) is 1.34. The fourth-order valence-corrected chi connectivity index (χ4v) is 1.67. The second-order valence-corrected chi connectivity index (χ2v) is 3.87. The van der Waals surface area contributed by atoms with Gasteiger partial charge in [-0.3, -0.25) is 4.79 Å². The number of aldehydes is 1. The molecular formula is C13H17NO4. The standard InChI is InChI=1S/C13H17NO4/c15-10-11-1-2-12-13(9-11)18-8-7-17-6-5-16-4-3-14-12/h1-2,9-10,14H,3-8H2. The predicted molar refractivity (Wildman–Crippen MR) is 67.5 cm³/mol. The van der Waals surface area contributed by atoms with E-state index in [9.17, 15) is 4.79 Å². The van der Waals surface area contributed by atoms with Crippen molar-refractivity contribution < 1.29 is 19.0 Å². The second-order valence-electron chi connectivity index (χ2n) is 3.87. The van der Waals surface area contributed by atoms with Crippen LogP contribution in [0.1, 0.15) is 10.4 Å². The third kappa shape index (κ3) is 3.72. The van der Waals surface area contributed by atoms with E-state index in [0.29, 0.717) is 50.9 Å². The van der Waals surface area contributed by atoms with E-state index in [1.54, 1.807) is 12.1 Å². The van der Waals surface area contributed by atoms with Gasteiger partial charge in [0.1, 0.15) is 18.6 Å². The zero-order chi connectivity index (χ0) is 12.6. The van der Waals surface area contributed by atoms with Gasteiger partial charge in [-0.25, -0.2) is 0 Å². The number of rotatable bonds is 1. The number of carbonyl (C=O) groups excluding carboxylic acids is 1. The smallest absolute Gasteiger partial charge is 0.150 e. The van der Waals surface area contributed by atoms with Gasteiger partial charge in [0.25, 0.3) is 0 Å². The number of carbonyl (C=O) groups is 1. The lowest BCUT2D eigenvalue weighted by molar-refractivity contribution is 0.0386. The Morgan fingerprint density at radius 1 is 1.06 bits per heavy atom. The first-order chi connectivity index (χ1) is 8.90. The molecule has 0 spiro atoms. The summed E-state index contributed by atoms with van der Waals surface area (Å²) in [5, 5.41) is 3.23. The second kappa shape index (κ2) is 6.98. The van der Waals surface area contributed by atoms with E-state index in [-0.39, 0.29) is 0 Å². The quantitative estimate of drug-likeness (QED) is 0.763. The molecule has 5 heteroatoms. The van der Waals surface area contributed by atoms with Crippen molar-refractivity contribution in [2.24, 2.45) is 0 Å². The van der Waals surface area contributed by atoms with E-state index >= 15 is 0 Å². The van der Waals surface area contributed by atoms with Crippen LogP contribution in [-0.2, 0) is 9.47 Å². The van der Waals surface area contributed by atoms with Gasteiger partial charge in [0.05, 0.1) is 32.1 Å². The zero-order valence-corrected chi connectivity index (χ0v) is 10.2. The lowest BCUT2D eigenvalue weighted by Crippen LogP contribution is -2.17. The van der Waals surface area contributed by atoms with Crippen LogP contribution < -0.4 is 10.1 Å². The molecule has 1 N–H and O–H groups in total. The first-order valence-electron chi connectivity index (χ1n) is 6.01. The monoisotopic (exact) mass is 251 g/mol. The first kappa shape index (κ1) is 12.9. The molecule has 1 heterocycles. The average molecular weight is 251 g/mol. The summed E-state index contributed by atoms with van der Waals surface area (Å²) in [6.07, 6.45) is 0.805. The zero-order valence-electron chi connectivity index (χ0n) is 10.2. The van der Waals surface area contributed by atoms with Gasteiger partial charge in [0, 0.05) is 12.1 Å². The molecule has 1 aromatic carbocycles. The minimum absolute atomic E-state index is 0.455. The molecule has 0 aromatic heterocycles. The third-order valence-electron chi connectivity index (χ3n) is 2.56. The molecule has 0 fully saturated rings. The molecule has 1 aliphatic heterocycles. The Morgan fingerprint density at radius 3 is 2.67 bits per heavy atom. The Labute approximate surface area is 106 Å². The lowest BCUT2D eigenvalue weighted by atomic mass is 10.2. The van der Waals surface area contributed by atoms with Crippen molar-refractivity contribution in [1.82, 2.24) is 0 Å². The van der Waals surface area contributed by atoms with Crippen molar-refractivity contribution in [2.75, 3.05) is 44.9 Å². The number of hydrogen-bond acceptors (Lipinski definition) is 5. The molecule has 0 unspecified atom stereocenters. The van der Waals surface area contributed by atoms with Gasteiger partial charge in [0.15, 0.2) is 0 Å². The summed E-state index contributed by atoms with van der Waals surface area (Å²) < 4.78 is 16.3. The molecule has 18 heavy (non-hydrogen) atoms. The van der Waals surface area contributed by atoms with E-state index < -0.39 is 0 Å². The van der Waals surface area contributed by atoms with Crippen LogP contribution in [0.25, 0.3) is 0 Å². The number of anilines is 1. The molecule has 0 saturated carbocycles. The molecule has 2 rings (SSSR count). The summed E-state index contributed by atoms with van der Waals surface area (Å²) in [7, 11) is 0. The number of nitrogens with one attached hydrogen (secondary N) is 1. The van der Waals surface area contributed by atoms with Crippen LogP contribution >= 0.6 is 0 Å². The number of fused-ring (bicyclic) bond motifs is 1. The molecule has 0 saturated heterocycles. The van der Waals surface area contributed by atoms with E-state index in [1.165, 1.54) is 0 Å². The summed E-state index contributed by atoms with van der Waals surface area (Å²) in [5.41, 5.74) is 1.46. The van der Waals surface area contributed by atoms with Crippen LogP contribution in [0, 0.1) is 0 Å². The van der Waals surface area contributed by atoms with Gasteiger partial charge in [-0.1, -0.05) is 0 Å². The first-order valence-corrected chi connectivity index (χ1v) is 6.01. The van der Waals surface area contributed by atoms with Crippen LogP contribution in [0.15, 0.2) is 18.2 Å². The molecular weight excluding hydrogens is 234 g/mol. The highest BCUT2D eigenvalue weighted by atomic mass is 16.5. The highest BCUT2D eigenvalue weighted by Crippen LogP contribution is 2.25. The van der Waals surface area contributed by atoms with Crippen LogP contribution in [0.2, 0.25) is 0 Å². The maximum Gasteiger partial charge on any atom is 0.150 e. The largest absolute Gasteiger partial charge is 0.489 e. The maximum atomic E-state index is 10.7. The minimum Gasteiger partial charge on any atom is -0.489 e. The average Bonchev–Trinajstić information content (AvgIpc) is 2.39. The molecule has 0 bridgehead atoms. The summed E-state index contributed by atoms with van der Waals surface area (Å²) >= 11 is 0. The van der Waals surface area contributed by atoms with Gasteiger partial charge in [-0.15, -0.1) is 0 Å². The highest BCUT2D eigenvalue weighted by Gasteiger charge is 2.06. The fourth-order valence-electron chi connectivity index (χ4n) is 1.67. The van der Waals surface area contributed by atoms with Gasteiger partial charge >= 0.3 is 0 Å². The van der Waals surface area contributed by atoms with Gasteiger partial charge < -0.3 is 19.5 Å². The van der Waals surface area contributed by atoms with Crippen molar-refractivity contribution in [3.05, 3.63) is 23.8 Å². The van der Waals surface area contributed by atoms with E-state index in [0.717, 1.165) is 12.0 Å². The number of ether oxygens (including phenoxy) is 3. The molecule has 1 aliphatic rings. The van der Waals surface area contributed by atoms with Crippen molar-refractivity contribution in [3.8, 4) is 5.75 Å². The van der Waals surface area contributed by atoms with Crippen molar-refractivity contribution >= 4 is 12.0 Å². The minimum atomic E-state index is 0.455. The number of hydrogen-bond donors (Lipinski definition) is 1. The Hall–Kier alpha value is -1.59. The Balaban J connectivity index is 2.09. The van der Waals surface area contributed by atoms with E-state index in [2.05, 4.69) is 5.32 Å². The van der Waals surface area contributed by atoms with Gasteiger partial charge in [-0.2, -0.15) is 0 Å². The van der Waals surface area contributed by atoms with Crippen LogP contribution in [0.3, 0.4) is 0 Å². The summed E-state index contributed by atoms with van der Waals surface area (Å²) in [6, 6.07) is 5.32. The van der Waals surface area contributed by atoms with E-state index in [1.807, 2.05) is 6.07 Å². The molecule has 0 amide bonds. The summed E-state index contributed by atoms with van der Waals surface area (Å²) in [5.74, 6) is 0.670. The Kier molecular flexibility index (Phi) is 4.99. The van der Waals surface area contributed by atoms with Crippen LogP contribution in [0.4, 0.5) is 5.69 Å². The SMILES string of the molecule is O=Cc1ccc2c(c1)OCCOCCOCCN2. The highest BCUT2D eigenvalue weighted by molar-refractivity contribution is 5.78. The summed E-state index contributed by atoms with van der Waals surface area (Å²) in [6.45, 7) is 3.43. The van der Waals surface area contributed by atoms with Gasteiger partial charge in [-0.05, 0) is 18.2 Å². The molecule has 98 valence electrons. The van der Waals surface area contributed by atoms with Gasteiger partial charge in [0.2, 0.25) is 0 Å². The Bertz CT molecular complexity index is 395. The molecule has 1 aromatic rings. The summed E-state index contributed by atoms with van der Waals surface area (Å²) in [4.78, 5) is 10.7. The van der Waals surface area contributed by atoms with E-state index in [4.69, 9.17) is 14.2 Å².